The molecule has 0 aliphatic rings. The van der Waals surface area contributed by atoms with Gasteiger partial charge < -0.3 is 8.92 Å². The fraction of sp³-hybridized carbons (Fsp3) is 0.0714. The van der Waals surface area contributed by atoms with E-state index in [1.807, 2.05) is 0 Å². The largest absolute Gasteiger partial charge is 0.465 e. The van der Waals surface area contributed by atoms with Gasteiger partial charge in [-0.1, -0.05) is 46.9 Å². The van der Waals surface area contributed by atoms with Crippen LogP contribution in [0.5, 0.6) is 5.75 Å². The molecule has 23 heavy (non-hydrogen) atoms. The minimum atomic E-state index is -4.39. The molecule has 2 rings (SSSR count). The number of methoxy groups -OCH3 is 1. The van der Waals surface area contributed by atoms with E-state index < -0.39 is 21.0 Å². The van der Waals surface area contributed by atoms with Gasteiger partial charge in [0.1, 0.15) is 10.5 Å². The maximum absolute atomic E-state index is 12.4. The highest BCUT2D eigenvalue weighted by Gasteiger charge is 2.26. The van der Waals surface area contributed by atoms with Crippen molar-refractivity contribution < 1.29 is 22.1 Å². The van der Waals surface area contributed by atoms with Crippen LogP contribution in [0.25, 0.3) is 0 Å². The Balaban J connectivity index is 2.51. The van der Waals surface area contributed by atoms with E-state index in [-0.39, 0.29) is 26.4 Å². The average molecular weight is 396 g/mol. The van der Waals surface area contributed by atoms with Crippen molar-refractivity contribution in [2.24, 2.45) is 0 Å². The number of hydrogen-bond donors (Lipinski definition) is 0. The van der Waals surface area contributed by atoms with Gasteiger partial charge in [0, 0.05) is 5.02 Å². The van der Waals surface area contributed by atoms with E-state index in [0.717, 1.165) is 0 Å². The lowest BCUT2D eigenvalue weighted by atomic mass is 10.2. The van der Waals surface area contributed by atoms with Crippen LogP contribution in [0.3, 0.4) is 0 Å². The molecule has 0 saturated heterocycles. The zero-order valence-corrected chi connectivity index (χ0v) is 14.6. The smallest absolute Gasteiger partial charge is 0.342 e. The first-order chi connectivity index (χ1) is 10.8. The molecule has 0 atom stereocenters. The highest BCUT2D eigenvalue weighted by Crippen LogP contribution is 2.35. The van der Waals surface area contributed by atoms with Crippen molar-refractivity contribution in [1.82, 2.24) is 0 Å². The first-order valence-corrected chi connectivity index (χ1v) is 8.57. The molecule has 0 aliphatic heterocycles. The molecule has 0 bridgehead atoms. The molecule has 0 aliphatic carbocycles. The number of carbonyl (C=O) groups excluding carboxylic acids is 1. The minimum absolute atomic E-state index is 0.0558. The average Bonchev–Trinajstić information content (AvgIpc) is 2.45. The summed E-state index contributed by atoms with van der Waals surface area (Å²) in [7, 11) is -3.22. The maximum Gasteiger partial charge on any atom is 0.342 e. The lowest BCUT2D eigenvalue weighted by molar-refractivity contribution is 0.0599. The summed E-state index contributed by atoms with van der Waals surface area (Å²) in [6.45, 7) is 0. The quantitative estimate of drug-likeness (QED) is 0.573. The van der Waals surface area contributed by atoms with Crippen LogP contribution in [0.15, 0.2) is 41.3 Å². The van der Waals surface area contributed by atoms with Gasteiger partial charge in [0.05, 0.1) is 17.2 Å². The van der Waals surface area contributed by atoms with Gasteiger partial charge in [-0.25, -0.2) is 4.79 Å². The predicted octanol–water partition coefficient (Wildman–Crippen LogP) is 4.20. The van der Waals surface area contributed by atoms with Crippen molar-refractivity contribution >= 4 is 50.9 Å². The van der Waals surface area contributed by atoms with Crippen LogP contribution in [0.1, 0.15) is 10.4 Å². The van der Waals surface area contributed by atoms with E-state index in [2.05, 4.69) is 4.74 Å². The van der Waals surface area contributed by atoms with Crippen molar-refractivity contribution in [2.75, 3.05) is 7.11 Å². The van der Waals surface area contributed by atoms with Crippen molar-refractivity contribution in [3.8, 4) is 5.75 Å². The standard InChI is InChI=1S/C14H9Cl3O5S/c1-21-14(18)9-4-2-3-5-12(9)22-23(19,20)13-10(16)6-8(15)7-11(13)17/h2-7H,1H3. The number of rotatable bonds is 4. The second-order valence-corrected chi connectivity index (χ2v) is 6.96. The number of esters is 1. The predicted molar refractivity (Wildman–Crippen MR) is 87.1 cm³/mol. The van der Waals surface area contributed by atoms with Crippen molar-refractivity contribution in [1.29, 1.82) is 0 Å². The SMILES string of the molecule is COC(=O)c1ccccc1OS(=O)(=O)c1c(Cl)cc(Cl)cc1Cl. The molecule has 0 spiro atoms. The number of halogens is 3. The zero-order chi connectivity index (χ0) is 17.2. The molecule has 0 heterocycles. The van der Waals surface area contributed by atoms with E-state index in [9.17, 15) is 13.2 Å². The summed E-state index contributed by atoms with van der Waals surface area (Å²) < 4.78 is 34.4. The number of hydrogen-bond acceptors (Lipinski definition) is 5. The highest BCUT2D eigenvalue weighted by molar-refractivity contribution is 7.87. The molecule has 122 valence electrons. The Kier molecular flexibility index (Phi) is 5.41. The van der Waals surface area contributed by atoms with E-state index in [1.165, 1.54) is 43.5 Å². The minimum Gasteiger partial charge on any atom is -0.465 e. The normalized spacial score (nSPS) is 11.1. The summed E-state index contributed by atoms with van der Waals surface area (Å²) in [4.78, 5) is 11.2. The third-order valence-electron chi connectivity index (χ3n) is 2.70. The third-order valence-corrected chi connectivity index (χ3v) is 5.08. The van der Waals surface area contributed by atoms with Crippen LogP contribution in [0.4, 0.5) is 0 Å². The summed E-state index contributed by atoms with van der Waals surface area (Å²) >= 11 is 17.5. The number of carbonyl (C=O) groups is 1. The van der Waals surface area contributed by atoms with E-state index in [0.29, 0.717) is 0 Å². The molecule has 2 aromatic rings. The Morgan fingerprint density at radius 1 is 1.04 bits per heavy atom. The number of para-hydroxylation sites is 1. The summed E-state index contributed by atoms with van der Waals surface area (Å²) in [6, 6.07) is 8.15. The maximum atomic E-state index is 12.4. The second-order valence-electron chi connectivity index (χ2n) is 4.22. The first-order valence-electron chi connectivity index (χ1n) is 6.02. The van der Waals surface area contributed by atoms with Crippen molar-refractivity contribution in [3.63, 3.8) is 0 Å². The van der Waals surface area contributed by atoms with E-state index in [4.69, 9.17) is 39.0 Å². The van der Waals surface area contributed by atoms with Crippen LogP contribution in [0.2, 0.25) is 15.1 Å². The molecule has 5 nitrogen and oxygen atoms in total. The van der Waals surface area contributed by atoms with Gasteiger partial charge in [0.2, 0.25) is 0 Å². The van der Waals surface area contributed by atoms with Gasteiger partial charge in [-0.15, -0.1) is 0 Å². The second kappa shape index (κ2) is 6.97. The summed E-state index contributed by atoms with van der Waals surface area (Å²) in [5.74, 6) is -0.953. The van der Waals surface area contributed by atoms with Crippen LogP contribution in [-0.2, 0) is 14.9 Å². The molecule has 9 heteroatoms. The van der Waals surface area contributed by atoms with E-state index >= 15 is 0 Å². The van der Waals surface area contributed by atoms with Crippen LogP contribution in [0, 0.1) is 0 Å². The van der Waals surface area contributed by atoms with Crippen LogP contribution >= 0.6 is 34.8 Å². The Hall–Kier alpha value is -1.47. The van der Waals surface area contributed by atoms with Gasteiger partial charge in [0.15, 0.2) is 5.75 Å². The summed E-state index contributed by atoms with van der Waals surface area (Å²) in [5, 5.41) is -0.218. The molecule has 0 fully saturated rings. The lowest BCUT2D eigenvalue weighted by Gasteiger charge is -2.12. The summed E-state index contributed by atoms with van der Waals surface area (Å²) in [5.41, 5.74) is -0.0558. The Morgan fingerprint density at radius 2 is 1.61 bits per heavy atom. The first kappa shape index (κ1) is 17.9. The molecular weight excluding hydrogens is 387 g/mol. The lowest BCUT2D eigenvalue weighted by Crippen LogP contribution is -2.14. The van der Waals surface area contributed by atoms with Crippen molar-refractivity contribution in [2.45, 2.75) is 4.90 Å². The molecule has 0 saturated carbocycles. The molecule has 0 aromatic heterocycles. The summed E-state index contributed by atoms with van der Waals surface area (Å²) in [6.07, 6.45) is 0. The fourth-order valence-electron chi connectivity index (χ4n) is 1.75. The Bertz CT molecular complexity index is 841. The topological polar surface area (TPSA) is 69.7 Å². The van der Waals surface area contributed by atoms with Crippen LogP contribution < -0.4 is 4.18 Å². The molecule has 0 amide bonds. The highest BCUT2D eigenvalue weighted by atomic mass is 35.5. The van der Waals surface area contributed by atoms with Gasteiger partial charge >= 0.3 is 16.1 Å². The molecule has 2 aromatic carbocycles. The van der Waals surface area contributed by atoms with Crippen molar-refractivity contribution in [3.05, 3.63) is 57.0 Å². The molecular formula is C14H9Cl3O5S. The van der Waals surface area contributed by atoms with Crippen LogP contribution in [-0.4, -0.2) is 21.5 Å². The van der Waals surface area contributed by atoms with Gasteiger partial charge in [-0.3, -0.25) is 0 Å². The number of ether oxygens (including phenoxy) is 1. The van der Waals surface area contributed by atoms with Gasteiger partial charge in [0.25, 0.3) is 0 Å². The molecule has 0 unspecified atom stereocenters. The Labute approximate surface area is 147 Å². The monoisotopic (exact) mass is 394 g/mol. The third kappa shape index (κ3) is 3.90. The number of benzene rings is 2. The molecule has 0 N–H and O–H groups in total. The molecule has 0 radical (unpaired) electrons. The van der Waals surface area contributed by atoms with Gasteiger partial charge in [-0.2, -0.15) is 8.42 Å². The fourth-order valence-corrected chi connectivity index (χ4v) is 4.19. The zero-order valence-electron chi connectivity index (χ0n) is 11.5. The van der Waals surface area contributed by atoms with E-state index in [1.54, 1.807) is 0 Å². The van der Waals surface area contributed by atoms with Gasteiger partial charge in [-0.05, 0) is 24.3 Å². The Morgan fingerprint density at radius 3 is 2.17 bits per heavy atom.